The largest absolute Gasteiger partial charge is 0.494 e. The molecule has 1 heterocycles. The van der Waals surface area contributed by atoms with Gasteiger partial charge in [0, 0.05) is 11.6 Å². The van der Waals surface area contributed by atoms with E-state index in [1.54, 1.807) is 6.20 Å². The minimum absolute atomic E-state index is 0.183. The summed E-state index contributed by atoms with van der Waals surface area (Å²) in [5.74, 6) is 6.58. The fourth-order valence-electron chi connectivity index (χ4n) is 2.35. The van der Waals surface area contributed by atoms with Crippen molar-refractivity contribution in [1.29, 1.82) is 0 Å². The molecule has 0 aliphatic carbocycles. The van der Waals surface area contributed by atoms with Crippen molar-refractivity contribution in [2.24, 2.45) is 5.84 Å². The summed E-state index contributed by atoms with van der Waals surface area (Å²) in [5.41, 5.74) is 4.60. The third-order valence-electron chi connectivity index (χ3n) is 3.25. The normalized spacial score (nSPS) is 12.7. The molecule has 0 radical (unpaired) electrons. The van der Waals surface area contributed by atoms with Gasteiger partial charge in [0.2, 0.25) is 0 Å². The number of hydrogen-bond donors (Lipinski definition) is 2. The minimum atomic E-state index is -0.287. The summed E-state index contributed by atoms with van der Waals surface area (Å²) in [7, 11) is 0. The summed E-state index contributed by atoms with van der Waals surface area (Å²) in [6.45, 7) is 6.64. The highest BCUT2D eigenvalue weighted by atomic mass is 35.5. The van der Waals surface area contributed by atoms with Gasteiger partial charge in [0.25, 0.3) is 0 Å². The number of benzene rings is 1. The molecule has 0 amide bonds. The van der Waals surface area contributed by atoms with E-state index in [-0.39, 0.29) is 12.1 Å². The van der Waals surface area contributed by atoms with E-state index in [9.17, 15) is 0 Å². The van der Waals surface area contributed by atoms with Crippen LogP contribution in [0.3, 0.4) is 0 Å². The molecule has 0 aliphatic heterocycles. The lowest BCUT2D eigenvalue weighted by molar-refractivity contribution is 0.332. The lowest BCUT2D eigenvalue weighted by Crippen LogP contribution is -2.31. The highest BCUT2D eigenvalue weighted by Gasteiger charge is 2.24. The predicted octanol–water partition coefficient (Wildman–Crippen LogP) is 3.07. The second-order valence-corrected chi connectivity index (χ2v) is 5.39. The molecule has 2 aromatic rings. The maximum Gasteiger partial charge on any atom is 0.124 e. The Kier molecular flexibility index (Phi) is 5.22. The number of aromatic nitrogens is 2. The third-order valence-corrected chi connectivity index (χ3v) is 3.54. The Morgan fingerprint density at radius 1 is 1.38 bits per heavy atom. The average Bonchev–Trinajstić information content (AvgIpc) is 2.84. The number of nitrogens with two attached hydrogens (primary N) is 1. The molecule has 1 atom stereocenters. The number of nitrogens with one attached hydrogen (secondary N) is 1. The Hall–Kier alpha value is -1.56. The van der Waals surface area contributed by atoms with Gasteiger partial charge in [-0.1, -0.05) is 29.8 Å². The van der Waals surface area contributed by atoms with E-state index in [2.05, 4.69) is 24.4 Å². The number of nitrogens with zero attached hydrogens (tertiary/aromatic N) is 2. The molecule has 0 fully saturated rings. The molecule has 0 saturated carbocycles. The van der Waals surface area contributed by atoms with Crippen LogP contribution in [-0.2, 0) is 0 Å². The Morgan fingerprint density at radius 3 is 2.71 bits per heavy atom. The van der Waals surface area contributed by atoms with E-state index >= 15 is 0 Å². The summed E-state index contributed by atoms with van der Waals surface area (Å²) in [6, 6.07) is 7.68. The molecule has 21 heavy (non-hydrogen) atoms. The van der Waals surface area contributed by atoms with Gasteiger partial charge in [0.15, 0.2) is 0 Å². The summed E-state index contributed by atoms with van der Waals surface area (Å²) in [5, 5.41) is 4.92. The molecule has 2 rings (SSSR count). The Labute approximate surface area is 130 Å². The molecule has 1 unspecified atom stereocenters. The van der Waals surface area contributed by atoms with Gasteiger partial charge < -0.3 is 4.74 Å². The third kappa shape index (κ3) is 3.20. The first-order chi connectivity index (χ1) is 10.1. The van der Waals surface area contributed by atoms with Gasteiger partial charge in [-0.3, -0.25) is 10.5 Å². The van der Waals surface area contributed by atoms with E-state index in [4.69, 9.17) is 22.2 Å². The summed E-state index contributed by atoms with van der Waals surface area (Å²) in [4.78, 5) is 0. The molecule has 114 valence electrons. The molecule has 6 heteroatoms. The number of hydrazine groups is 1. The van der Waals surface area contributed by atoms with Crippen LogP contribution in [-0.4, -0.2) is 16.4 Å². The lowest BCUT2D eigenvalue weighted by Gasteiger charge is -2.22. The molecule has 0 saturated heterocycles. The van der Waals surface area contributed by atoms with Gasteiger partial charge in [-0.2, -0.15) is 5.10 Å². The Bertz CT molecular complexity index is 597. The quantitative estimate of drug-likeness (QED) is 0.636. The minimum Gasteiger partial charge on any atom is -0.494 e. The number of rotatable bonds is 6. The fourth-order valence-corrected chi connectivity index (χ4v) is 2.59. The second-order valence-electron chi connectivity index (χ2n) is 4.99. The maximum absolute atomic E-state index is 6.32. The molecule has 0 spiro atoms. The van der Waals surface area contributed by atoms with Crippen molar-refractivity contribution < 1.29 is 4.74 Å². The maximum atomic E-state index is 6.32. The summed E-state index contributed by atoms with van der Waals surface area (Å²) in [6.07, 6.45) is 1.64. The number of para-hydroxylation sites is 1. The molecule has 3 N–H and O–H groups in total. The van der Waals surface area contributed by atoms with Crippen LogP contribution in [0.2, 0.25) is 5.02 Å². The molecule has 0 aliphatic rings. The van der Waals surface area contributed by atoms with Crippen LogP contribution in [0.4, 0.5) is 0 Å². The Balaban J connectivity index is 2.53. The number of halogens is 1. The highest BCUT2D eigenvalue weighted by Crippen LogP contribution is 2.34. The zero-order valence-corrected chi connectivity index (χ0v) is 13.3. The lowest BCUT2D eigenvalue weighted by atomic mass is 10.0. The van der Waals surface area contributed by atoms with Gasteiger partial charge in [-0.05, 0) is 26.8 Å². The van der Waals surface area contributed by atoms with Crippen molar-refractivity contribution in [1.82, 2.24) is 15.2 Å². The SMILES string of the molecule is CCOc1ccccc1C(NN)c1c(Cl)cnn1C(C)C. The smallest absolute Gasteiger partial charge is 0.124 e. The molecule has 0 bridgehead atoms. The fraction of sp³-hybridized carbons (Fsp3) is 0.400. The zero-order valence-electron chi connectivity index (χ0n) is 12.5. The monoisotopic (exact) mass is 308 g/mol. The van der Waals surface area contributed by atoms with Crippen LogP contribution in [0.5, 0.6) is 5.75 Å². The number of ether oxygens (including phenoxy) is 1. The second kappa shape index (κ2) is 6.93. The van der Waals surface area contributed by atoms with Crippen molar-refractivity contribution in [3.63, 3.8) is 0 Å². The van der Waals surface area contributed by atoms with Crippen LogP contribution in [0.15, 0.2) is 30.5 Å². The molecular formula is C15H21ClN4O. The number of hydrogen-bond acceptors (Lipinski definition) is 4. The van der Waals surface area contributed by atoms with Crippen molar-refractivity contribution in [3.05, 3.63) is 46.7 Å². The molecule has 1 aromatic heterocycles. The molecular weight excluding hydrogens is 288 g/mol. The van der Waals surface area contributed by atoms with Gasteiger partial charge in [0.1, 0.15) is 5.75 Å². The average molecular weight is 309 g/mol. The first kappa shape index (κ1) is 15.8. The summed E-state index contributed by atoms with van der Waals surface area (Å²) >= 11 is 6.32. The van der Waals surface area contributed by atoms with E-state index < -0.39 is 0 Å². The first-order valence-electron chi connectivity index (χ1n) is 7.00. The Morgan fingerprint density at radius 2 is 2.10 bits per heavy atom. The van der Waals surface area contributed by atoms with Gasteiger partial charge in [-0.15, -0.1) is 0 Å². The van der Waals surface area contributed by atoms with Crippen LogP contribution in [0.25, 0.3) is 0 Å². The van der Waals surface area contributed by atoms with E-state index in [0.29, 0.717) is 11.6 Å². The van der Waals surface area contributed by atoms with E-state index in [0.717, 1.165) is 17.0 Å². The van der Waals surface area contributed by atoms with E-state index in [1.165, 1.54) is 0 Å². The van der Waals surface area contributed by atoms with Gasteiger partial charge >= 0.3 is 0 Å². The van der Waals surface area contributed by atoms with E-state index in [1.807, 2.05) is 35.9 Å². The van der Waals surface area contributed by atoms with Crippen molar-refractivity contribution in [2.75, 3.05) is 6.61 Å². The molecule has 1 aromatic carbocycles. The summed E-state index contributed by atoms with van der Waals surface area (Å²) < 4.78 is 7.56. The topological polar surface area (TPSA) is 65.1 Å². The zero-order chi connectivity index (χ0) is 15.4. The van der Waals surface area contributed by atoms with Crippen LogP contribution < -0.4 is 16.0 Å². The highest BCUT2D eigenvalue weighted by molar-refractivity contribution is 6.31. The predicted molar refractivity (Wildman–Crippen MR) is 84.4 cm³/mol. The van der Waals surface area contributed by atoms with Gasteiger partial charge in [0.05, 0.1) is 29.6 Å². The van der Waals surface area contributed by atoms with Crippen LogP contribution >= 0.6 is 11.6 Å². The molecule has 5 nitrogen and oxygen atoms in total. The first-order valence-corrected chi connectivity index (χ1v) is 7.38. The van der Waals surface area contributed by atoms with Crippen molar-refractivity contribution >= 4 is 11.6 Å². The van der Waals surface area contributed by atoms with Crippen LogP contribution in [0, 0.1) is 0 Å². The van der Waals surface area contributed by atoms with Crippen LogP contribution in [0.1, 0.15) is 44.1 Å². The van der Waals surface area contributed by atoms with Gasteiger partial charge in [-0.25, -0.2) is 5.43 Å². The van der Waals surface area contributed by atoms with Crippen molar-refractivity contribution in [3.8, 4) is 5.75 Å². The van der Waals surface area contributed by atoms with Crippen molar-refractivity contribution in [2.45, 2.75) is 32.9 Å². The standard InChI is InChI=1S/C15H21ClN4O/c1-4-21-13-8-6-5-7-11(13)14(19-17)15-12(16)9-18-20(15)10(2)3/h5-10,14,19H,4,17H2,1-3H3.